The van der Waals surface area contributed by atoms with Gasteiger partial charge in [-0.05, 0) is 38.8 Å². The van der Waals surface area contributed by atoms with Crippen molar-refractivity contribution in [2.75, 3.05) is 12.4 Å². The Labute approximate surface area is 106 Å². The van der Waals surface area contributed by atoms with Gasteiger partial charge in [-0.25, -0.2) is 0 Å². The summed E-state index contributed by atoms with van der Waals surface area (Å²) in [6, 6.07) is 2.56. The number of rotatable bonds is 4. The Kier molecular flexibility index (Phi) is 4.09. The molecule has 6 heteroatoms. The van der Waals surface area contributed by atoms with Crippen molar-refractivity contribution in [1.82, 2.24) is 10.3 Å². The van der Waals surface area contributed by atoms with Gasteiger partial charge in [-0.1, -0.05) is 0 Å². The van der Waals surface area contributed by atoms with Crippen LogP contribution < -0.4 is 10.6 Å². The molecule has 0 unspecified atom stereocenters. The van der Waals surface area contributed by atoms with E-state index < -0.39 is 4.92 Å². The van der Waals surface area contributed by atoms with Gasteiger partial charge in [0.15, 0.2) is 0 Å². The van der Waals surface area contributed by atoms with E-state index in [4.69, 9.17) is 0 Å². The van der Waals surface area contributed by atoms with E-state index in [2.05, 4.69) is 15.6 Å². The van der Waals surface area contributed by atoms with Crippen LogP contribution in [0.3, 0.4) is 0 Å². The van der Waals surface area contributed by atoms with Crippen LogP contribution in [0.2, 0.25) is 0 Å². The first-order valence-electron chi connectivity index (χ1n) is 6.23. The summed E-state index contributed by atoms with van der Waals surface area (Å²) in [6.07, 6.45) is 7.15. The van der Waals surface area contributed by atoms with Gasteiger partial charge < -0.3 is 10.6 Å². The summed E-state index contributed by atoms with van der Waals surface area (Å²) >= 11 is 0. The molecule has 0 radical (unpaired) electrons. The Bertz CT molecular complexity index is 416. The second-order valence-corrected chi connectivity index (χ2v) is 4.63. The predicted molar refractivity (Wildman–Crippen MR) is 69.6 cm³/mol. The number of pyridine rings is 1. The Hall–Kier alpha value is -1.69. The van der Waals surface area contributed by atoms with Crippen LogP contribution in [-0.2, 0) is 0 Å². The number of aromatic nitrogens is 1. The molecule has 0 aliphatic heterocycles. The largest absolute Gasteiger partial charge is 0.377 e. The van der Waals surface area contributed by atoms with Crippen molar-refractivity contribution in [2.24, 2.45) is 0 Å². The Balaban J connectivity index is 2.00. The molecule has 18 heavy (non-hydrogen) atoms. The van der Waals surface area contributed by atoms with Gasteiger partial charge in [-0.3, -0.25) is 15.1 Å². The van der Waals surface area contributed by atoms with Crippen molar-refractivity contribution in [3.05, 3.63) is 28.6 Å². The molecule has 2 N–H and O–H groups in total. The highest BCUT2D eigenvalue weighted by Crippen LogP contribution is 2.27. The maximum Gasteiger partial charge on any atom is 0.310 e. The van der Waals surface area contributed by atoms with Crippen molar-refractivity contribution in [2.45, 2.75) is 37.8 Å². The highest BCUT2D eigenvalue weighted by atomic mass is 16.6. The lowest BCUT2D eigenvalue weighted by Gasteiger charge is -2.29. The fourth-order valence-corrected chi connectivity index (χ4v) is 2.40. The Morgan fingerprint density at radius 1 is 1.33 bits per heavy atom. The molecule has 98 valence electrons. The third-order valence-electron chi connectivity index (χ3n) is 3.49. The maximum atomic E-state index is 10.9. The van der Waals surface area contributed by atoms with E-state index in [1.807, 2.05) is 7.05 Å². The average Bonchev–Trinajstić information content (AvgIpc) is 2.40. The molecule has 1 fully saturated rings. The second-order valence-electron chi connectivity index (χ2n) is 4.63. The minimum absolute atomic E-state index is 0.0493. The molecule has 1 aliphatic rings. The average molecular weight is 250 g/mol. The molecule has 0 atom stereocenters. The molecular formula is C12H18N4O2. The molecule has 0 amide bonds. The van der Waals surface area contributed by atoms with Crippen molar-refractivity contribution >= 4 is 11.4 Å². The first kappa shape index (κ1) is 12.8. The van der Waals surface area contributed by atoms with Crippen LogP contribution >= 0.6 is 0 Å². The molecule has 0 aromatic carbocycles. The van der Waals surface area contributed by atoms with Crippen LogP contribution in [0, 0.1) is 10.1 Å². The molecule has 0 saturated heterocycles. The Morgan fingerprint density at radius 2 is 2.00 bits per heavy atom. The first-order valence-corrected chi connectivity index (χ1v) is 6.23. The van der Waals surface area contributed by atoms with E-state index in [1.54, 1.807) is 12.3 Å². The third-order valence-corrected chi connectivity index (χ3v) is 3.49. The van der Waals surface area contributed by atoms with E-state index in [9.17, 15) is 10.1 Å². The quantitative estimate of drug-likeness (QED) is 0.630. The van der Waals surface area contributed by atoms with Gasteiger partial charge in [0.2, 0.25) is 0 Å². The minimum Gasteiger partial charge on any atom is -0.377 e. The predicted octanol–water partition coefficient (Wildman–Crippen LogP) is 1.93. The molecule has 6 nitrogen and oxygen atoms in total. The molecule has 1 aromatic rings. The number of anilines is 1. The van der Waals surface area contributed by atoms with E-state index in [0.717, 1.165) is 25.7 Å². The number of hydrogen-bond donors (Lipinski definition) is 2. The summed E-state index contributed by atoms with van der Waals surface area (Å²) in [4.78, 5) is 14.3. The first-order chi connectivity index (χ1) is 8.70. The van der Waals surface area contributed by atoms with Gasteiger partial charge in [0.1, 0.15) is 11.9 Å². The van der Waals surface area contributed by atoms with Crippen LogP contribution in [0.5, 0.6) is 0 Å². The van der Waals surface area contributed by atoms with Crippen LogP contribution in [0.25, 0.3) is 0 Å². The highest BCUT2D eigenvalue weighted by Gasteiger charge is 2.22. The summed E-state index contributed by atoms with van der Waals surface area (Å²) in [5.41, 5.74) is 0.621. The second kappa shape index (κ2) is 5.77. The van der Waals surface area contributed by atoms with Crippen LogP contribution in [0.4, 0.5) is 11.4 Å². The van der Waals surface area contributed by atoms with Gasteiger partial charge in [0, 0.05) is 18.3 Å². The van der Waals surface area contributed by atoms with Gasteiger partial charge in [-0.2, -0.15) is 0 Å². The molecule has 1 aromatic heterocycles. The van der Waals surface area contributed by atoms with Gasteiger partial charge in [0.05, 0.1) is 4.92 Å². The lowest BCUT2D eigenvalue weighted by molar-refractivity contribution is -0.384. The zero-order valence-electron chi connectivity index (χ0n) is 10.4. The standard InChI is InChI=1S/C12H18N4O2/c1-13-9-2-4-10(5-3-9)15-11-6-7-14-8-12(11)16(17)18/h6-10,13H,2-5H2,1H3,(H,14,15). The van der Waals surface area contributed by atoms with E-state index in [1.165, 1.54) is 6.20 Å². The number of nitro groups is 1. The van der Waals surface area contributed by atoms with Crippen LogP contribution in [0.15, 0.2) is 18.5 Å². The maximum absolute atomic E-state index is 10.9. The van der Waals surface area contributed by atoms with E-state index >= 15 is 0 Å². The molecule has 0 spiro atoms. The van der Waals surface area contributed by atoms with Crippen molar-refractivity contribution in [1.29, 1.82) is 0 Å². The molecular weight excluding hydrogens is 232 g/mol. The Morgan fingerprint density at radius 3 is 2.61 bits per heavy atom. The van der Waals surface area contributed by atoms with Gasteiger partial charge in [0.25, 0.3) is 0 Å². The van der Waals surface area contributed by atoms with Gasteiger partial charge in [-0.15, -0.1) is 0 Å². The van der Waals surface area contributed by atoms with Crippen molar-refractivity contribution in [3.8, 4) is 0 Å². The molecule has 0 bridgehead atoms. The monoisotopic (exact) mass is 250 g/mol. The molecule has 1 saturated carbocycles. The highest BCUT2D eigenvalue weighted by molar-refractivity contribution is 5.60. The third kappa shape index (κ3) is 2.95. The summed E-state index contributed by atoms with van der Waals surface area (Å²) in [5, 5.41) is 17.4. The zero-order valence-corrected chi connectivity index (χ0v) is 10.4. The summed E-state index contributed by atoms with van der Waals surface area (Å²) < 4.78 is 0. The fraction of sp³-hybridized carbons (Fsp3) is 0.583. The van der Waals surface area contributed by atoms with Crippen LogP contribution in [-0.4, -0.2) is 29.0 Å². The normalized spacial score (nSPS) is 23.6. The van der Waals surface area contributed by atoms with Crippen molar-refractivity contribution in [3.63, 3.8) is 0 Å². The minimum atomic E-state index is -0.394. The fourth-order valence-electron chi connectivity index (χ4n) is 2.40. The molecule has 1 aliphatic carbocycles. The van der Waals surface area contributed by atoms with Gasteiger partial charge >= 0.3 is 5.69 Å². The summed E-state index contributed by atoms with van der Waals surface area (Å²) in [6.45, 7) is 0. The smallest absolute Gasteiger partial charge is 0.310 e. The van der Waals surface area contributed by atoms with Crippen LogP contribution in [0.1, 0.15) is 25.7 Å². The number of nitrogens with one attached hydrogen (secondary N) is 2. The van der Waals surface area contributed by atoms with E-state index in [-0.39, 0.29) is 5.69 Å². The van der Waals surface area contributed by atoms with Crippen molar-refractivity contribution < 1.29 is 4.92 Å². The zero-order chi connectivity index (χ0) is 13.0. The molecule has 1 heterocycles. The number of nitrogens with zero attached hydrogens (tertiary/aromatic N) is 2. The summed E-state index contributed by atoms with van der Waals surface area (Å²) in [7, 11) is 1.98. The van der Waals surface area contributed by atoms with E-state index in [0.29, 0.717) is 17.8 Å². The lowest BCUT2D eigenvalue weighted by atomic mass is 9.91. The topological polar surface area (TPSA) is 80.1 Å². The summed E-state index contributed by atoms with van der Waals surface area (Å²) in [5.74, 6) is 0. The number of hydrogen-bond acceptors (Lipinski definition) is 5. The molecule has 2 rings (SSSR count). The SMILES string of the molecule is CNC1CCC(Nc2ccncc2[N+](=O)[O-])CC1. The lowest BCUT2D eigenvalue weighted by Crippen LogP contribution is -2.35.